The van der Waals surface area contributed by atoms with E-state index in [4.69, 9.17) is 5.73 Å². The molecule has 8 heteroatoms. The van der Waals surface area contributed by atoms with Gasteiger partial charge in [0.25, 0.3) is 0 Å². The van der Waals surface area contributed by atoms with Crippen LogP contribution in [0.3, 0.4) is 0 Å². The molecular weight excluding hydrogens is 308 g/mol. The Morgan fingerprint density at radius 2 is 2.17 bits per heavy atom. The number of amides is 1. The molecule has 1 amide bonds. The van der Waals surface area contributed by atoms with Gasteiger partial charge in [0.2, 0.25) is 5.91 Å². The van der Waals surface area contributed by atoms with Crippen molar-refractivity contribution < 1.29 is 10.0 Å². The molecule has 2 heterocycles. The summed E-state index contributed by atoms with van der Waals surface area (Å²) >= 11 is 0. The molecule has 0 bridgehead atoms. The highest BCUT2D eigenvalue weighted by Crippen LogP contribution is 2.32. The first-order valence-electron chi connectivity index (χ1n) is 7.91. The second-order valence-electron chi connectivity index (χ2n) is 5.83. The molecule has 0 spiro atoms. The molecule has 1 aromatic carbocycles. The Morgan fingerprint density at radius 1 is 1.38 bits per heavy atom. The topological polar surface area (TPSA) is 110 Å². The molecule has 1 aliphatic rings. The molecule has 3 N–H and O–H groups in total. The molecule has 24 heavy (non-hydrogen) atoms. The molecule has 0 radical (unpaired) electrons. The second-order valence-corrected chi connectivity index (χ2v) is 5.83. The van der Waals surface area contributed by atoms with Gasteiger partial charge in [0.1, 0.15) is 0 Å². The normalized spacial score (nSPS) is 18.4. The highest BCUT2D eigenvalue weighted by Gasteiger charge is 2.26. The summed E-state index contributed by atoms with van der Waals surface area (Å²) in [6, 6.07) is 8.49. The molecule has 1 unspecified atom stereocenters. The average Bonchev–Trinajstić information content (AvgIpc) is 3.20. The first kappa shape index (κ1) is 16.1. The van der Waals surface area contributed by atoms with E-state index in [1.165, 1.54) is 11.6 Å². The minimum atomic E-state index is -0.452. The molecule has 1 saturated heterocycles. The maximum absolute atomic E-state index is 10.8. The Kier molecular flexibility index (Phi) is 4.85. The average molecular weight is 328 g/mol. The van der Waals surface area contributed by atoms with E-state index in [9.17, 15) is 10.0 Å². The fraction of sp³-hybridized carbons (Fsp3) is 0.375. The summed E-state index contributed by atoms with van der Waals surface area (Å²) in [5.74, 6) is 0.0138. The lowest BCUT2D eigenvalue weighted by Crippen LogP contribution is -2.26. The van der Waals surface area contributed by atoms with Crippen LogP contribution in [0.4, 0.5) is 0 Å². The van der Waals surface area contributed by atoms with Gasteiger partial charge in [-0.05, 0) is 47.0 Å². The number of tetrazole rings is 1. The van der Waals surface area contributed by atoms with E-state index in [2.05, 4.69) is 32.6 Å². The molecule has 1 fully saturated rings. The van der Waals surface area contributed by atoms with Gasteiger partial charge in [-0.15, -0.1) is 5.10 Å². The Hall–Kier alpha value is -2.74. The molecule has 2 aromatic rings. The summed E-state index contributed by atoms with van der Waals surface area (Å²) < 4.78 is 0. The van der Waals surface area contributed by atoms with Crippen LogP contribution in [0.15, 0.2) is 30.3 Å². The fourth-order valence-corrected chi connectivity index (χ4v) is 3.07. The largest absolute Gasteiger partial charge is 0.409 e. The van der Waals surface area contributed by atoms with Crippen molar-refractivity contribution in [3.05, 3.63) is 47.3 Å². The summed E-state index contributed by atoms with van der Waals surface area (Å²) in [5.41, 5.74) is 7.29. The van der Waals surface area contributed by atoms with Crippen LogP contribution in [0.2, 0.25) is 0 Å². The molecule has 0 aliphatic carbocycles. The van der Waals surface area contributed by atoms with E-state index in [1.807, 2.05) is 12.1 Å². The summed E-state index contributed by atoms with van der Waals surface area (Å²) in [6.45, 7) is 1.80. The van der Waals surface area contributed by atoms with E-state index >= 15 is 0 Å². The third-order valence-electron chi connectivity index (χ3n) is 4.26. The van der Waals surface area contributed by atoms with Gasteiger partial charge in [0.05, 0.1) is 0 Å². The first-order chi connectivity index (χ1) is 11.6. The van der Waals surface area contributed by atoms with Crippen molar-refractivity contribution in [1.82, 2.24) is 25.3 Å². The number of nitrogens with zero attached hydrogens (tertiary/aromatic N) is 5. The van der Waals surface area contributed by atoms with Crippen LogP contribution in [-0.2, 0) is 11.2 Å². The van der Waals surface area contributed by atoms with Crippen molar-refractivity contribution in [3.63, 3.8) is 0 Å². The zero-order chi connectivity index (χ0) is 16.9. The standard InChI is InChI=1S/C16H20N6O2/c17-15(23)8-5-12-3-6-13(7-4-12)14-2-1-10-21(14)11-9-16-18-19-20-22(16)24/h3-8,14,24H,1-2,9-11H2,(H2,17,23)/b8-5+. The van der Waals surface area contributed by atoms with Crippen LogP contribution in [-0.4, -0.2) is 49.5 Å². The van der Waals surface area contributed by atoms with E-state index in [1.54, 1.807) is 6.08 Å². The SMILES string of the molecule is NC(=O)/C=C/c1ccc(C2CCCN2CCc2nnnn2O)cc1. The minimum Gasteiger partial charge on any atom is -0.409 e. The maximum Gasteiger partial charge on any atom is 0.241 e. The van der Waals surface area contributed by atoms with E-state index < -0.39 is 5.91 Å². The Morgan fingerprint density at radius 3 is 2.83 bits per heavy atom. The van der Waals surface area contributed by atoms with Gasteiger partial charge in [-0.2, -0.15) is 0 Å². The van der Waals surface area contributed by atoms with Crippen molar-refractivity contribution in [2.24, 2.45) is 5.73 Å². The third-order valence-corrected chi connectivity index (χ3v) is 4.26. The van der Waals surface area contributed by atoms with E-state index in [-0.39, 0.29) is 0 Å². The number of carbonyl (C=O) groups is 1. The van der Waals surface area contributed by atoms with Crippen LogP contribution >= 0.6 is 0 Å². The van der Waals surface area contributed by atoms with Crippen LogP contribution in [0.1, 0.15) is 35.8 Å². The zero-order valence-corrected chi connectivity index (χ0v) is 13.2. The van der Waals surface area contributed by atoms with Crippen LogP contribution < -0.4 is 5.73 Å². The summed E-state index contributed by atoms with van der Waals surface area (Å²) in [6.07, 6.45) is 5.90. The quantitative estimate of drug-likeness (QED) is 0.599. The van der Waals surface area contributed by atoms with E-state index in [0.717, 1.165) is 36.3 Å². The fourth-order valence-electron chi connectivity index (χ4n) is 3.07. The highest BCUT2D eigenvalue weighted by molar-refractivity contribution is 5.90. The smallest absolute Gasteiger partial charge is 0.241 e. The van der Waals surface area contributed by atoms with Crippen LogP contribution in [0, 0.1) is 0 Å². The molecule has 0 saturated carbocycles. The van der Waals surface area contributed by atoms with Gasteiger partial charge in [-0.3, -0.25) is 9.69 Å². The number of rotatable bonds is 6. The number of aromatic nitrogens is 4. The van der Waals surface area contributed by atoms with Crippen molar-refractivity contribution in [1.29, 1.82) is 0 Å². The monoisotopic (exact) mass is 328 g/mol. The lowest BCUT2D eigenvalue weighted by molar-refractivity contribution is -0.113. The van der Waals surface area contributed by atoms with E-state index in [0.29, 0.717) is 18.3 Å². The number of likely N-dealkylation sites (tertiary alicyclic amines) is 1. The van der Waals surface area contributed by atoms with Crippen molar-refractivity contribution in [2.75, 3.05) is 13.1 Å². The number of hydrogen-bond donors (Lipinski definition) is 2. The predicted octanol–water partition coefficient (Wildman–Crippen LogP) is 0.788. The number of nitrogens with two attached hydrogens (primary N) is 1. The van der Waals surface area contributed by atoms with Crippen molar-refractivity contribution in [3.8, 4) is 0 Å². The van der Waals surface area contributed by atoms with Gasteiger partial charge in [-0.25, -0.2) is 0 Å². The molecule has 1 aliphatic heterocycles. The van der Waals surface area contributed by atoms with Crippen molar-refractivity contribution >= 4 is 12.0 Å². The second kappa shape index (κ2) is 7.22. The van der Waals surface area contributed by atoms with Crippen LogP contribution in [0.25, 0.3) is 6.08 Å². The molecule has 8 nitrogen and oxygen atoms in total. The van der Waals surface area contributed by atoms with Gasteiger partial charge in [-0.1, -0.05) is 29.1 Å². The number of primary amides is 1. The maximum atomic E-state index is 10.8. The molecule has 1 aromatic heterocycles. The van der Waals surface area contributed by atoms with Crippen molar-refractivity contribution in [2.45, 2.75) is 25.3 Å². The molecule has 3 rings (SSSR count). The van der Waals surface area contributed by atoms with Crippen LogP contribution in [0.5, 0.6) is 0 Å². The Balaban J connectivity index is 1.64. The van der Waals surface area contributed by atoms with Gasteiger partial charge in [0.15, 0.2) is 5.82 Å². The summed E-state index contributed by atoms with van der Waals surface area (Å²) in [4.78, 5) is 13.9. The lowest BCUT2D eigenvalue weighted by Gasteiger charge is -2.24. The first-order valence-corrected chi connectivity index (χ1v) is 7.91. The zero-order valence-electron chi connectivity index (χ0n) is 13.2. The number of carbonyl (C=O) groups excluding carboxylic acids is 1. The van der Waals surface area contributed by atoms with Gasteiger partial charge < -0.3 is 10.9 Å². The Labute approximate surface area is 139 Å². The third kappa shape index (κ3) is 3.77. The molecule has 126 valence electrons. The predicted molar refractivity (Wildman–Crippen MR) is 86.9 cm³/mol. The number of benzene rings is 1. The lowest BCUT2D eigenvalue weighted by atomic mass is 10.0. The van der Waals surface area contributed by atoms with Gasteiger partial charge in [0, 0.05) is 25.1 Å². The summed E-state index contributed by atoms with van der Waals surface area (Å²) in [7, 11) is 0. The highest BCUT2D eigenvalue weighted by atomic mass is 16.5. The molecular formula is C16H20N6O2. The Bertz CT molecular complexity index is 724. The number of hydrogen-bond acceptors (Lipinski definition) is 6. The molecule has 1 atom stereocenters. The minimum absolute atomic E-state index is 0.349. The van der Waals surface area contributed by atoms with Gasteiger partial charge >= 0.3 is 0 Å². The summed E-state index contributed by atoms with van der Waals surface area (Å²) in [5, 5.41) is 20.1.